The van der Waals surface area contributed by atoms with Crippen LogP contribution >= 0.6 is 0 Å². The molecule has 0 saturated heterocycles. The number of nitrogens with one attached hydrogen (secondary N) is 2. The van der Waals surface area contributed by atoms with Crippen molar-refractivity contribution in [1.29, 1.82) is 0 Å². The summed E-state index contributed by atoms with van der Waals surface area (Å²) in [5, 5.41) is 5.18. The number of carbonyl (C=O) groups excluding carboxylic acids is 1. The summed E-state index contributed by atoms with van der Waals surface area (Å²) in [6.45, 7) is 5.25. The van der Waals surface area contributed by atoms with Gasteiger partial charge in [-0.2, -0.15) is 0 Å². The van der Waals surface area contributed by atoms with Crippen LogP contribution in [0.2, 0.25) is 0 Å². The quantitative estimate of drug-likeness (QED) is 0.861. The zero-order valence-corrected chi connectivity index (χ0v) is 12.0. The smallest absolute Gasteiger partial charge is 0.319 e. The average molecular weight is 267 g/mol. The van der Waals surface area contributed by atoms with Gasteiger partial charge in [-0.05, 0) is 37.7 Å². The number of benzene rings is 1. The zero-order chi connectivity index (χ0) is 14.4. The van der Waals surface area contributed by atoms with E-state index in [1.165, 1.54) is 6.07 Å². The first-order valence-electron chi connectivity index (χ1n) is 6.39. The third-order valence-electron chi connectivity index (χ3n) is 2.75. The summed E-state index contributed by atoms with van der Waals surface area (Å²) < 4.78 is 13.8. The lowest BCUT2D eigenvalue weighted by atomic mass is 10.0. The van der Waals surface area contributed by atoms with Gasteiger partial charge in [-0.15, -0.1) is 0 Å². The van der Waals surface area contributed by atoms with Crippen molar-refractivity contribution in [2.45, 2.75) is 19.8 Å². The second kappa shape index (κ2) is 7.09. The summed E-state index contributed by atoms with van der Waals surface area (Å²) >= 11 is 0. The van der Waals surface area contributed by atoms with Gasteiger partial charge >= 0.3 is 6.03 Å². The summed E-state index contributed by atoms with van der Waals surface area (Å²) in [7, 11) is 3.84. The molecule has 2 amide bonds. The molecule has 0 atom stereocenters. The molecule has 0 spiro atoms. The first kappa shape index (κ1) is 15.4. The predicted octanol–water partition coefficient (Wildman–Crippen LogP) is 2.63. The molecule has 0 aliphatic rings. The highest BCUT2D eigenvalue weighted by molar-refractivity contribution is 5.89. The Kier molecular flexibility index (Phi) is 5.76. The van der Waals surface area contributed by atoms with E-state index in [0.29, 0.717) is 6.54 Å². The van der Waals surface area contributed by atoms with E-state index in [1.807, 2.05) is 38.9 Å². The minimum atomic E-state index is -0.408. The molecule has 0 radical (unpaired) electrons. The van der Waals surface area contributed by atoms with Crippen molar-refractivity contribution in [1.82, 2.24) is 10.2 Å². The van der Waals surface area contributed by atoms with E-state index in [2.05, 4.69) is 10.6 Å². The van der Waals surface area contributed by atoms with Crippen molar-refractivity contribution in [3.63, 3.8) is 0 Å². The number of hydrogen-bond donors (Lipinski definition) is 2. The van der Waals surface area contributed by atoms with Gasteiger partial charge < -0.3 is 15.5 Å². The van der Waals surface area contributed by atoms with Crippen LogP contribution in [0.3, 0.4) is 0 Å². The minimum Gasteiger partial charge on any atom is -0.337 e. The maximum Gasteiger partial charge on any atom is 0.319 e. The number of urea groups is 1. The Bertz CT molecular complexity index is 433. The fraction of sp³-hybridized carbons (Fsp3) is 0.500. The third kappa shape index (κ3) is 5.26. The van der Waals surface area contributed by atoms with Gasteiger partial charge in [-0.25, -0.2) is 9.18 Å². The average Bonchev–Trinajstić information content (AvgIpc) is 2.31. The fourth-order valence-electron chi connectivity index (χ4n) is 1.55. The summed E-state index contributed by atoms with van der Waals surface area (Å²) in [5.74, 6) is -0.147. The van der Waals surface area contributed by atoms with Crippen LogP contribution in [0.5, 0.6) is 0 Å². The van der Waals surface area contributed by atoms with E-state index in [4.69, 9.17) is 0 Å². The molecule has 0 heterocycles. The number of likely N-dealkylation sites (N-methyl/N-ethyl adjacent to an activating group) is 1. The lowest BCUT2D eigenvalue weighted by Crippen LogP contribution is -2.34. The molecule has 1 aromatic rings. The third-order valence-corrected chi connectivity index (χ3v) is 2.75. The normalized spacial score (nSPS) is 10.9. The SMILES string of the molecule is CC(C)c1ccc(NC(=O)NCCN(C)C)c(F)c1. The molecule has 0 fully saturated rings. The van der Waals surface area contributed by atoms with Gasteiger partial charge in [0.05, 0.1) is 5.69 Å². The highest BCUT2D eigenvalue weighted by Gasteiger charge is 2.08. The molecule has 0 aliphatic heterocycles. The van der Waals surface area contributed by atoms with Gasteiger partial charge in [0.2, 0.25) is 0 Å². The summed E-state index contributed by atoms with van der Waals surface area (Å²) in [6, 6.07) is 4.48. The van der Waals surface area contributed by atoms with Crippen molar-refractivity contribution in [3.05, 3.63) is 29.6 Å². The standard InChI is InChI=1S/C14H22FN3O/c1-10(2)11-5-6-13(12(15)9-11)17-14(19)16-7-8-18(3)4/h5-6,9-10H,7-8H2,1-4H3,(H2,16,17,19). The molecule has 19 heavy (non-hydrogen) atoms. The molecule has 0 aliphatic carbocycles. The molecule has 0 aromatic heterocycles. The van der Waals surface area contributed by atoms with Crippen LogP contribution in [0.1, 0.15) is 25.3 Å². The van der Waals surface area contributed by atoms with Gasteiger partial charge in [0.15, 0.2) is 0 Å². The first-order valence-corrected chi connectivity index (χ1v) is 6.39. The molecule has 5 heteroatoms. The van der Waals surface area contributed by atoms with Crippen LogP contribution in [0.4, 0.5) is 14.9 Å². The highest BCUT2D eigenvalue weighted by Crippen LogP contribution is 2.20. The molecule has 0 bridgehead atoms. The number of carbonyl (C=O) groups is 1. The van der Waals surface area contributed by atoms with Gasteiger partial charge in [-0.3, -0.25) is 0 Å². The van der Waals surface area contributed by atoms with Crippen molar-refractivity contribution in [3.8, 4) is 0 Å². The predicted molar refractivity (Wildman–Crippen MR) is 76.1 cm³/mol. The fourth-order valence-corrected chi connectivity index (χ4v) is 1.55. The molecule has 0 unspecified atom stereocenters. The van der Waals surface area contributed by atoms with Crippen LogP contribution in [-0.2, 0) is 0 Å². The first-order chi connectivity index (χ1) is 8.90. The summed E-state index contributed by atoms with van der Waals surface area (Å²) in [6.07, 6.45) is 0. The Morgan fingerprint density at radius 1 is 1.37 bits per heavy atom. The monoisotopic (exact) mass is 267 g/mol. The maximum absolute atomic E-state index is 13.8. The van der Waals surface area contributed by atoms with Crippen molar-refractivity contribution in [2.75, 3.05) is 32.5 Å². The van der Waals surface area contributed by atoms with E-state index in [1.54, 1.807) is 6.07 Å². The van der Waals surface area contributed by atoms with E-state index >= 15 is 0 Å². The topological polar surface area (TPSA) is 44.4 Å². The summed E-state index contributed by atoms with van der Waals surface area (Å²) in [5.41, 5.74) is 1.11. The number of nitrogens with zero attached hydrogens (tertiary/aromatic N) is 1. The second-order valence-corrected chi connectivity index (χ2v) is 5.08. The number of amides is 2. The Morgan fingerprint density at radius 3 is 2.58 bits per heavy atom. The van der Waals surface area contributed by atoms with E-state index in [0.717, 1.165) is 12.1 Å². The maximum atomic E-state index is 13.8. The van der Waals surface area contributed by atoms with E-state index in [9.17, 15) is 9.18 Å². The largest absolute Gasteiger partial charge is 0.337 e. The Morgan fingerprint density at radius 2 is 2.05 bits per heavy atom. The van der Waals surface area contributed by atoms with E-state index in [-0.39, 0.29) is 11.6 Å². The lowest BCUT2D eigenvalue weighted by molar-refractivity contribution is 0.250. The van der Waals surface area contributed by atoms with Crippen LogP contribution < -0.4 is 10.6 Å². The van der Waals surface area contributed by atoms with Crippen LogP contribution in [0.25, 0.3) is 0 Å². The molecular weight excluding hydrogens is 245 g/mol. The molecule has 106 valence electrons. The Labute approximate surface area is 114 Å². The van der Waals surface area contributed by atoms with E-state index < -0.39 is 11.8 Å². The van der Waals surface area contributed by atoms with Crippen LogP contribution in [0, 0.1) is 5.82 Å². The number of hydrogen-bond acceptors (Lipinski definition) is 2. The molecule has 2 N–H and O–H groups in total. The number of rotatable bonds is 5. The molecule has 1 aromatic carbocycles. The van der Waals surface area contributed by atoms with Crippen molar-refractivity contribution in [2.24, 2.45) is 0 Å². The Hall–Kier alpha value is -1.62. The molecular formula is C14H22FN3O. The lowest BCUT2D eigenvalue weighted by Gasteiger charge is -2.12. The number of anilines is 1. The minimum absolute atomic E-state index is 0.201. The van der Waals surface area contributed by atoms with Crippen LogP contribution in [0.15, 0.2) is 18.2 Å². The van der Waals surface area contributed by atoms with Gasteiger partial charge in [-0.1, -0.05) is 19.9 Å². The molecule has 4 nitrogen and oxygen atoms in total. The zero-order valence-electron chi connectivity index (χ0n) is 12.0. The summed E-state index contributed by atoms with van der Waals surface area (Å²) in [4.78, 5) is 13.5. The highest BCUT2D eigenvalue weighted by atomic mass is 19.1. The molecule has 1 rings (SSSR count). The van der Waals surface area contributed by atoms with Gasteiger partial charge in [0.25, 0.3) is 0 Å². The second-order valence-electron chi connectivity index (χ2n) is 5.08. The number of halogens is 1. The molecule has 0 saturated carbocycles. The van der Waals surface area contributed by atoms with Gasteiger partial charge in [0, 0.05) is 13.1 Å². The van der Waals surface area contributed by atoms with Gasteiger partial charge in [0.1, 0.15) is 5.82 Å². The Balaban J connectivity index is 2.55. The van der Waals surface area contributed by atoms with Crippen molar-refractivity contribution >= 4 is 11.7 Å². The van der Waals surface area contributed by atoms with Crippen molar-refractivity contribution < 1.29 is 9.18 Å². The van der Waals surface area contributed by atoms with Crippen LogP contribution in [-0.4, -0.2) is 38.1 Å².